The van der Waals surface area contributed by atoms with E-state index in [0.29, 0.717) is 17.9 Å². The van der Waals surface area contributed by atoms with Gasteiger partial charge in [-0.15, -0.1) is 4.68 Å². The van der Waals surface area contributed by atoms with Crippen molar-refractivity contribution in [2.24, 2.45) is 10.3 Å². The Morgan fingerprint density at radius 1 is 1.18 bits per heavy atom. The minimum atomic E-state index is -0.577. The molecular weight excluding hydrogens is 361 g/mol. The highest BCUT2D eigenvalue weighted by molar-refractivity contribution is 5.89. The number of halogens is 1. The summed E-state index contributed by atoms with van der Waals surface area (Å²) in [4.78, 5) is 12.0. The van der Waals surface area contributed by atoms with Gasteiger partial charge in [-0.2, -0.15) is 0 Å². The minimum Gasteiger partial charge on any atom is -0.444 e. The molecule has 2 aromatic rings. The molecule has 1 unspecified atom stereocenters. The lowest BCUT2D eigenvalue weighted by molar-refractivity contribution is -0.444. The Hall–Kier alpha value is -3.29. The molecule has 8 heteroatoms. The average Bonchev–Trinajstić information content (AvgIpc) is 3.08. The molecule has 0 fully saturated rings. The number of para-hydroxylation sites is 2. The summed E-state index contributed by atoms with van der Waals surface area (Å²) in [5.74, 6) is -0.329. The number of carbonyl (C=O) groups excluding carboxylic acids is 1. The maximum Gasteiger partial charge on any atom is 0.412 e. The molecule has 0 spiro atoms. The van der Waals surface area contributed by atoms with E-state index < -0.39 is 11.7 Å². The molecule has 1 aliphatic heterocycles. The van der Waals surface area contributed by atoms with Crippen LogP contribution in [-0.4, -0.2) is 35.2 Å². The van der Waals surface area contributed by atoms with Crippen molar-refractivity contribution in [3.05, 3.63) is 54.3 Å². The van der Waals surface area contributed by atoms with Gasteiger partial charge in [-0.3, -0.25) is 5.32 Å². The van der Waals surface area contributed by atoms with Crippen LogP contribution in [0.2, 0.25) is 0 Å². The molecule has 7 nitrogen and oxygen atoms in total. The Bertz CT molecular complexity index is 921. The summed E-state index contributed by atoms with van der Waals surface area (Å²) in [5, 5.41) is 14.2. The van der Waals surface area contributed by atoms with Gasteiger partial charge in [-0.25, -0.2) is 9.18 Å². The van der Waals surface area contributed by atoms with Crippen LogP contribution in [0.25, 0.3) is 0 Å². The highest BCUT2D eigenvalue weighted by atomic mass is 19.1. The maximum atomic E-state index is 13.4. The molecule has 1 amide bonds. The van der Waals surface area contributed by atoms with Crippen molar-refractivity contribution in [2.75, 3.05) is 17.2 Å². The second-order valence-electron chi connectivity index (χ2n) is 7.30. The van der Waals surface area contributed by atoms with Crippen LogP contribution in [0.15, 0.2) is 58.9 Å². The third-order valence-corrected chi connectivity index (χ3v) is 3.75. The predicted molar refractivity (Wildman–Crippen MR) is 106 cm³/mol. The van der Waals surface area contributed by atoms with Gasteiger partial charge in [-0.1, -0.05) is 18.2 Å². The summed E-state index contributed by atoms with van der Waals surface area (Å²) in [5.41, 5.74) is 1.37. The van der Waals surface area contributed by atoms with E-state index in [-0.39, 0.29) is 11.9 Å². The summed E-state index contributed by atoms with van der Waals surface area (Å²) < 4.78 is 20.2. The van der Waals surface area contributed by atoms with Crippen LogP contribution in [-0.2, 0) is 4.74 Å². The molecule has 3 rings (SSSR count). The standard InChI is InChI=1S/C20H22FN5O2/c1-20(2,3)28-19(27)23-18-10-5-4-9-17(18)22-12-15-13-26(25-24-15)16-8-6-7-14(21)11-16/h4-11,13,15H,12H2,1-3H3,(H-,22,23,24,25,27)/p+1. The lowest BCUT2D eigenvalue weighted by Crippen LogP contribution is -2.27. The fourth-order valence-electron chi connectivity index (χ4n) is 2.57. The Kier molecular flexibility index (Phi) is 5.67. The number of nitrogens with one attached hydrogen (secondary N) is 2. The fraction of sp³-hybridized carbons (Fsp3) is 0.300. The number of hydrogen-bond donors (Lipinski definition) is 2. The molecule has 1 aliphatic rings. The van der Waals surface area contributed by atoms with E-state index in [1.54, 1.807) is 29.1 Å². The lowest BCUT2D eigenvalue weighted by atomic mass is 10.2. The molecule has 0 saturated heterocycles. The number of carbonyl (C=O) groups is 1. The Balaban J connectivity index is 1.63. The third kappa shape index (κ3) is 5.35. The fourth-order valence-corrected chi connectivity index (χ4v) is 2.57. The molecule has 0 bridgehead atoms. The second kappa shape index (κ2) is 8.16. The Morgan fingerprint density at radius 3 is 2.64 bits per heavy atom. The predicted octanol–water partition coefficient (Wildman–Crippen LogP) is 4.75. The van der Waals surface area contributed by atoms with E-state index in [1.807, 2.05) is 39.0 Å². The van der Waals surface area contributed by atoms with Gasteiger partial charge in [0.25, 0.3) is 0 Å². The molecule has 0 radical (unpaired) electrons. The van der Waals surface area contributed by atoms with Crippen molar-refractivity contribution >= 4 is 29.4 Å². The first-order chi connectivity index (χ1) is 13.3. The number of ether oxygens (including phenoxy) is 1. The monoisotopic (exact) mass is 384 g/mol. The van der Waals surface area contributed by atoms with E-state index in [0.717, 1.165) is 5.69 Å². The molecule has 0 aromatic heterocycles. The van der Waals surface area contributed by atoms with E-state index in [1.165, 1.54) is 12.1 Å². The summed E-state index contributed by atoms with van der Waals surface area (Å²) >= 11 is 0. The summed E-state index contributed by atoms with van der Waals surface area (Å²) in [7, 11) is 0. The van der Waals surface area contributed by atoms with Crippen molar-refractivity contribution in [3.8, 4) is 0 Å². The van der Waals surface area contributed by atoms with Crippen molar-refractivity contribution < 1.29 is 18.6 Å². The summed E-state index contributed by atoms with van der Waals surface area (Å²) in [6, 6.07) is 13.3. The highest BCUT2D eigenvalue weighted by Gasteiger charge is 2.24. The number of benzene rings is 2. The van der Waals surface area contributed by atoms with E-state index in [9.17, 15) is 9.18 Å². The molecule has 1 atom stereocenters. The topological polar surface area (TPSA) is 78.1 Å². The van der Waals surface area contributed by atoms with Crippen LogP contribution in [0, 0.1) is 5.82 Å². The van der Waals surface area contributed by atoms with E-state index in [2.05, 4.69) is 21.0 Å². The normalized spacial score (nSPS) is 15.9. The minimum absolute atomic E-state index is 0.224. The molecule has 28 heavy (non-hydrogen) atoms. The Labute approximate surface area is 162 Å². The largest absolute Gasteiger partial charge is 0.444 e. The third-order valence-electron chi connectivity index (χ3n) is 3.75. The quantitative estimate of drug-likeness (QED) is 0.730. The van der Waals surface area contributed by atoms with Crippen LogP contribution in [0.5, 0.6) is 0 Å². The molecule has 2 N–H and O–H groups in total. The van der Waals surface area contributed by atoms with Gasteiger partial charge in [0.15, 0.2) is 11.9 Å². The van der Waals surface area contributed by atoms with Gasteiger partial charge in [0.1, 0.15) is 16.6 Å². The van der Waals surface area contributed by atoms with Crippen LogP contribution in [0.1, 0.15) is 20.8 Å². The molecule has 146 valence electrons. The first-order valence-corrected chi connectivity index (χ1v) is 8.94. The van der Waals surface area contributed by atoms with Gasteiger partial charge in [0.05, 0.1) is 17.9 Å². The zero-order valence-electron chi connectivity index (χ0n) is 16.0. The van der Waals surface area contributed by atoms with E-state index in [4.69, 9.17) is 4.74 Å². The van der Waals surface area contributed by atoms with Crippen LogP contribution in [0.4, 0.5) is 26.2 Å². The zero-order valence-corrected chi connectivity index (χ0v) is 16.0. The molecular formula is C20H23FN5O2+. The first kappa shape index (κ1) is 19.5. The van der Waals surface area contributed by atoms with Gasteiger partial charge in [0.2, 0.25) is 6.04 Å². The number of rotatable bonds is 5. The highest BCUT2D eigenvalue weighted by Crippen LogP contribution is 2.23. The molecule has 1 heterocycles. The number of hydrogen-bond acceptors (Lipinski definition) is 5. The smallest absolute Gasteiger partial charge is 0.412 e. The number of anilines is 2. The van der Waals surface area contributed by atoms with Crippen LogP contribution in [0.3, 0.4) is 0 Å². The van der Waals surface area contributed by atoms with E-state index >= 15 is 0 Å². The van der Waals surface area contributed by atoms with Crippen molar-refractivity contribution in [3.63, 3.8) is 0 Å². The van der Waals surface area contributed by atoms with Crippen LogP contribution >= 0.6 is 0 Å². The second-order valence-corrected chi connectivity index (χ2v) is 7.30. The van der Waals surface area contributed by atoms with Gasteiger partial charge in [-0.05, 0) is 45.0 Å². The summed E-state index contributed by atoms with van der Waals surface area (Å²) in [6.45, 7) is 5.88. The maximum absolute atomic E-state index is 13.4. The van der Waals surface area contributed by atoms with Gasteiger partial charge in [0, 0.05) is 11.2 Å². The molecule has 0 saturated carbocycles. The van der Waals surface area contributed by atoms with Crippen molar-refractivity contribution in [1.29, 1.82) is 0 Å². The average molecular weight is 384 g/mol. The zero-order chi connectivity index (χ0) is 20.1. The first-order valence-electron chi connectivity index (χ1n) is 8.94. The molecule has 2 aromatic carbocycles. The Morgan fingerprint density at radius 2 is 1.93 bits per heavy atom. The number of nitrogens with zero attached hydrogens (tertiary/aromatic N) is 3. The lowest BCUT2D eigenvalue weighted by Gasteiger charge is -2.20. The van der Waals surface area contributed by atoms with Crippen LogP contribution < -0.4 is 10.6 Å². The molecule has 0 aliphatic carbocycles. The van der Waals surface area contributed by atoms with Gasteiger partial charge >= 0.3 is 6.09 Å². The number of amides is 1. The van der Waals surface area contributed by atoms with Gasteiger partial charge < -0.3 is 10.1 Å². The SMILES string of the molecule is CC(C)(C)OC(=O)Nc1ccccc1NCC1C=[N+](c2cccc(F)c2)N=N1. The summed E-state index contributed by atoms with van der Waals surface area (Å²) in [6.07, 6.45) is 1.28. The van der Waals surface area contributed by atoms with Crippen molar-refractivity contribution in [2.45, 2.75) is 32.4 Å². The van der Waals surface area contributed by atoms with Crippen molar-refractivity contribution in [1.82, 2.24) is 0 Å².